The molecule has 2 saturated heterocycles. The predicted molar refractivity (Wildman–Crippen MR) is 150 cm³/mol. The zero-order valence-corrected chi connectivity index (χ0v) is 23.0. The molecule has 0 spiro atoms. The summed E-state index contributed by atoms with van der Waals surface area (Å²) in [5.74, 6) is 1.42. The highest BCUT2D eigenvalue weighted by molar-refractivity contribution is 7.80. The Morgan fingerprint density at radius 1 is 1.08 bits per heavy atom. The van der Waals surface area contributed by atoms with Gasteiger partial charge < -0.3 is 24.6 Å². The number of anilines is 2. The van der Waals surface area contributed by atoms with Crippen LogP contribution in [-0.4, -0.2) is 73.2 Å². The van der Waals surface area contributed by atoms with Crippen molar-refractivity contribution in [3.8, 4) is 11.5 Å². The van der Waals surface area contributed by atoms with E-state index < -0.39 is 6.04 Å². The van der Waals surface area contributed by atoms with Gasteiger partial charge in [-0.2, -0.15) is 0 Å². The lowest BCUT2D eigenvalue weighted by atomic mass is 9.99. The minimum Gasteiger partial charge on any atom is -0.497 e. The number of likely N-dealkylation sites (tertiary alicyclic amines) is 1. The first-order chi connectivity index (χ1) is 17.8. The van der Waals surface area contributed by atoms with Crippen LogP contribution in [0.25, 0.3) is 0 Å². The molecule has 2 aromatic carbocycles. The topological polar surface area (TPSA) is 74.3 Å². The number of thiocarbonyl (C=S) groups is 1. The van der Waals surface area contributed by atoms with Gasteiger partial charge in [-0.15, -0.1) is 0 Å². The molecule has 198 valence electrons. The Morgan fingerprint density at radius 2 is 1.78 bits per heavy atom. The lowest BCUT2D eigenvalue weighted by molar-refractivity contribution is -0.124. The summed E-state index contributed by atoms with van der Waals surface area (Å²) >= 11 is 12.1. The molecule has 2 aromatic rings. The molecule has 0 bridgehead atoms. The standard InChI is InChI=1S/C27H33ClN4O4S/c1-18-10-12-30(13-11-18)14-15-31-23(17-25(33)29-19-4-7-21(35-2)8-5-19)26(34)32(27(31)37)20-6-9-24(36-3)22(28)16-20/h4-9,16,18,23H,10-15,17H2,1-3H3,(H,29,33). The van der Waals surface area contributed by atoms with Crippen LogP contribution >= 0.6 is 23.8 Å². The Balaban J connectivity index is 1.52. The maximum atomic E-state index is 13.7. The van der Waals surface area contributed by atoms with Crippen molar-refractivity contribution >= 4 is 52.1 Å². The van der Waals surface area contributed by atoms with Gasteiger partial charge in [-0.3, -0.25) is 14.5 Å². The van der Waals surface area contributed by atoms with E-state index in [4.69, 9.17) is 33.3 Å². The largest absolute Gasteiger partial charge is 0.497 e. The van der Waals surface area contributed by atoms with Crippen LogP contribution in [-0.2, 0) is 9.59 Å². The van der Waals surface area contributed by atoms with Crippen LogP contribution in [0.2, 0.25) is 5.02 Å². The lowest BCUT2D eigenvalue weighted by Gasteiger charge is -2.32. The molecular formula is C27H33ClN4O4S. The molecule has 2 aliphatic heterocycles. The van der Waals surface area contributed by atoms with Crippen LogP contribution in [0.3, 0.4) is 0 Å². The first kappa shape index (κ1) is 27.2. The fourth-order valence-electron chi connectivity index (χ4n) is 4.72. The molecule has 2 fully saturated rings. The smallest absolute Gasteiger partial charge is 0.256 e. The number of ether oxygens (including phenoxy) is 2. The van der Waals surface area contributed by atoms with Gasteiger partial charge in [0.25, 0.3) is 5.91 Å². The number of carbonyl (C=O) groups excluding carboxylic acids is 2. The van der Waals surface area contributed by atoms with E-state index in [0.717, 1.165) is 38.4 Å². The van der Waals surface area contributed by atoms with Gasteiger partial charge in [0.15, 0.2) is 5.11 Å². The zero-order valence-electron chi connectivity index (χ0n) is 21.4. The highest BCUT2D eigenvalue weighted by Crippen LogP contribution is 2.33. The van der Waals surface area contributed by atoms with Crippen molar-refractivity contribution in [3.63, 3.8) is 0 Å². The second kappa shape index (κ2) is 12.1. The summed E-state index contributed by atoms with van der Waals surface area (Å²) in [5.41, 5.74) is 1.18. The third-order valence-electron chi connectivity index (χ3n) is 7.00. The summed E-state index contributed by atoms with van der Waals surface area (Å²) in [4.78, 5) is 32.4. The highest BCUT2D eigenvalue weighted by Gasteiger charge is 2.44. The predicted octanol–water partition coefficient (Wildman–Crippen LogP) is 4.42. The molecule has 10 heteroatoms. The summed E-state index contributed by atoms with van der Waals surface area (Å²) in [5, 5.41) is 3.64. The average molecular weight is 545 g/mol. The third-order valence-corrected chi connectivity index (χ3v) is 7.71. The molecule has 2 aliphatic rings. The van der Waals surface area contributed by atoms with E-state index >= 15 is 0 Å². The number of benzene rings is 2. The van der Waals surface area contributed by atoms with Crippen LogP contribution in [0.5, 0.6) is 11.5 Å². The fraction of sp³-hybridized carbons (Fsp3) is 0.444. The quantitative estimate of drug-likeness (QED) is 0.468. The second-order valence-electron chi connectivity index (χ2n) is 9.49. The van der Waals surface area contributed by atoms with Gasteiger partial charge in [0.1, 0.15) is 17.5 Å². The summed E-state index contributed by atoms with van der Waals surface area (Å²) < 4.78 is 10.4. The number of hydrogen-bond donors (Lipinski definition) is 1. The first-order valence-corrected chi connectivity index (χ1v) is 13.2. The number of nitrogens with zero attached hydrogens (tertiary/aromatic N) is 3. The lowest BCUT2D eigenvalue weighted by Crippen LogP contribution is -2.44. The first-order valence-electron chi connectivity index (χ1n) is 12.4. The van der Waals surface area contributed by atoms with E-state index in [-0.39, 0.29) is 18.2 Å². The van der Waals surface area contributed by atoms with Crippen LogP contribution in [0.4, 0.5) is 11.4 Å². The van der Waals surface area contributed by atoms with Gasteiger partial charge in [-0.1, -0.05) is 18.5 Å². The number of piperidine rings is 1. The van der Waals surface area contributed by atoms with Gasteiger partial charge in [0.2, 0.25) is 5.91 Å². The van der Waals surface area contributed by atoms with Gasteiger partial charge >= 0.3 is 0 Å². The number of hydrogen-bond acceptors (Lipinski definition) is 6. The van der Waals surface area contributed by atoms with Gasteiger partial charge in [0.05, 0.1) is 31.4 Å². The molecule has 0 aromatic heterocycles. The Labute approximate surface area is 228 Å². The highest BCUT2D eigenvalue weighted by atomic mass is 35.5. The SMILES string of the molecule is COc1ccc(NC(=O)CC2C(=O)N(c3ccc(OC)c(Cl)c3)C(=S)N2CCN2CCC(C)CC2)cc1. The van der Waals surface area contributed by atoms with Crippen molar-refractivity contribution in [2.45, 2.75) is 32.2 Å². The average Bonchev–Trinajstić information content (AvgIpc) is 3.12. The van der Waals surface area contributed by atoms with Crippen molar-refractivity contribution in [2.24, 2.45) is 5.92 Å². The van der Waals surface area contributed by atoms with Crippen LogP contribution in [0.1, 0.15) is 26.2 Å². The number of nitrogens with one attached hydrogen (secondary N) is 1. The van der Waals surface area contributed by atoms with Gasteiger partial charge in [-0.05, 0) is 86.5 Å². The number of carbonyl (C=O) groups is 2. The molecular weight excluding hydrogens is 512 g/mol. The van der Waals surface area contributed by atoms with Crippen molar-refractivity contribution in [2.75, 3.05) is 50.6 Å². The number of halogens is 1. The van der Waals surface area contributed by atoms with E-state index in [2.05, 4.69) is 17.1 Å². The van der Waals surface area contributed by atoms with Crippen molar-refractivity contribution in [1.29, 1.82) is 0 Å². The summed E-state index contributed by atoms with van der Waals surface area (Å²) in [6.07, 6.45) is 2.30. The van der Waals surface area contributed by atoms with Crippen LogP contribution in [0.15, 0.2) is 42.5 Å². The summed E-state index contributed by atoms with van der Waals surface area (Å²) in [6.45, 7) is 5.65. The summed E-state index contributed by atoms with van der Waals surface area (Å²) in [7, 11) is 3.12. The number of methoxy groups -OCH3 is 2. The van der Waals surface area contributed by atoms with Crippen molar-refractivity contribution < 1.29 is 19.1 Å². The fourth-order valence-corrected chi connectivity index (χ4v) is 5.38. The molecule has 0 saturated carbocycles. The molecule has 37 heavy (non-hydrogen) atoms. The zero-order chi connectivity index (χ0) is 26.5. The molecule has 2 heterocycles. The molecule has 1 unspecified atom stereocenters. The monoisotopic (exact) mass is 544 g/mol. The molecule has 8 nitrogen and oxygen atoms in total. The molecule has 2 amide bonds. The van der Waals surface area contributed by atoms with Crippen molar-refractivity contribution in [3.05, 3.63) is 47.5 Å². The van der Waals surface area contributed by atoms with E-state index in [0.29, 0.717) is 39.6 Å². The number of rotatable bonds is 9. The third kappa shape index (κ3) is 6.34. The molecule has 1 atom stereocenters. The second-order valence-corrected chi connectivity index (χ2v) is 10.3. The van der Waals surface area contributed by atoms with E-state index in [1.54, 1.807) is 49.6 Å². The number of amides is 2. The van der Waals surface area contributed by atoms with Crippen LogP contribution in [0, 0.1) is 5.92 Å². The van der Waals surface area contributed by atoms with Crippen molar-refractivity contribution in [1.82, 2.24) is 9.80 Å². The van der Waals surface area contributed by atoms with Crippen LogP contribution < -0.4 is 19.7 Å². The Morgan fingerprint density at radius 3 is 2.41 bits per heavy atom. The maximum absolute atomic E-state index is 13.7. The Bertz CT molecular complexity index is 1140. The van der Waals surface area contributed by atoms with Gasteiger partial charge in [-0.25, -0.2) is 0 Å². The van der Waals surface area contributed by atoms with E-state index in [9.17, 15) is 9.59 Å². The van der Waals surface area contributed by atoms with Gasteiger partial charge in [0, 0.05) is 18.8 Å². The molecule has 0 radical (unpaired) electrons. The Hall–Kier alpha value is -2.88. The molecule has 0 aliphatic carbocycles. The normalized spacial score (nSPS) is 18.9. The van der Waals surface area contributed by atoms with E-state index in [1.807, 2.05) is 4.90 Å². The summed E-state index contributed by atoms with van der Waals surface area (Å²) in [6, 6.07) is 11.5. The maximum Gasteiger partial charge on any atom is 0.256 e. The minimum absolute atomic E-state index is 0.0254. The molecule has 1 N–H and O–H groups in total. The Kier molecular flexibility index (Phi) is 8.89. The van der Waals surface area contributed by atoms with E-state index in [1.165, 1.54) is 12.0 Å². The minimum atomic E-state index is -0.713. The molecule has 4 rings (SSSR count).